The lowest BCUT2D eigenvalue weighted by atomic mass is 9.93. The monoisotopic (exact) mass is 252 g/mol. The average molecular weight is 252 g/mol. The van der Waals surface area contributed by atoms with E-state index in [0.717, 1.165) is 39.1 Å². The van der Waals surface area contributed by atoms with E-state index in [0.29, 0.717) is 0 Å². The van der Waals surface area contributed by atoms with Crippen LogP contribution in [0.3, 0.4) is 0 Å². The van der Waals surface area contributed by atoms with Crippen LogP contribution in [0.25, 0.3) is 0 Å². The third kappa shape index (κ3) is 4.42. The molecular formula is C14H28N4. The maximum atomic E-state index is 5.82. The summed E-state index contributed by atoms with van der Waals surface area (Å²) in [5.41, 5.74) is 7.29. The van der Waals surface area contributed by atoms with Crippen molar-refractivity contribution in [2.75, 3.05) is 19.6 Å². The molecule has 0 amide bonds. The Balaban J connectivity index is 2.65. The zero-order valence-electron chi connectivity index (χ0n) is 12.3. The Morgan fingerprint density at radius 2 is 2.11 bits per heavy atom. The number of imidazole rings is 1. The molecule has 0 radical (unpaired) electrons. The topological polar surface area (TPSA) is 47.1 Å². The van der Waals surface area contributed by atoms with Gasteiger partial charge >= 0.3 is 0 Å². The van der Waals surface area contributed by atoms with Gasteiger partial charge in [-0.25, -0.2) is 4.98 Å². The molecule has 1 aromatic heterocycles. The normalized spacial score (nSPS) is 12.3. The molecular weight excluding hydrogens is 224 g/mol. The Morgan fingerprint density at radius 3 is 2.67 bits per heavy atom. The summed E-state index contributed by atoms with van der Waals surface area (Å²) >= 11 is 0. The smallest absolute Gasteiger partial charge is 0.0948 e. The van der Waals surface area contributed by atoms with Crippen LogP contribution in [0.15, 0.2) is 12.5 Å². The van der Waals surface area contributed by atoms with Gasteiger partial charge in [0.2, 0.25) is 0 Å². The Labute approximate surface area is 111 Å². The molecule has 2 N–H and O–H groups in total. The fraction of sp³-hybridized carbons (Fsp3) is 0.786. The van der Waals surface area contributed by atoms with Crippen molar-refractivity contribution in [1.82, 2.24) is 14.5 Å². The number of nitrogens with zero attached hydrogens (tertiary/aromatic N) is 3. The summed E-state index contributed by atoms with van der Waals surface area (Å²) < 4.78 is 2.25. The maximum Gasteiger partial charge on any atom is 0.0948 e. The van der Waals surface area contributed by atoms with Crippen molar-refractivity contribution in [2.45, 2.75) is 47.2 Å². The van der Waals surface area contributed by atoms with Gasteiger partial charge in [0, 0.05) is 25.8 Å². The molecule has 1 aromatic rings. The van der Waals surface area contributed by atoms with Gasteiger partial charge in [-0.05, 0) is 24.9 Å². The van der Waals surface area contributed by atoms with E-state index >= 15 is 0 Å². The molecule has 0 aromatic carbocycles. The molecule has 4 nitrogen and oxygen atoms in total. The molecule has 0 spiro atoms. The number of aryl methyl sites for hydroxylation is 1. The minimum atomic E-state index is 0.172. The van der Waals surface area contributed by atoms with Crippen LogP contribution in [0, 0.1) is 5.41 Å². The summed E-state index contributed by atoms with van der Waals surface area (Å²) in [7, 11) is 0. The molecule has 104 valence electrons. The fourth-order valence-corrected chi connectivity index (χ4v) is 2.10. The molecule has 0 aliphatic carbocycles. The quantitative estimate of drug-likeness (QED) is 0.771. The van der Waals surface area contributed by atoms with E-state index in [9.17, 15) is 0 Å². The molecule has 18 heavy (non-hydrogen) atoms. The van der Waals surface area contributed by atoms with Crippen LogP contribution in [-0.2, 0) is 13.1 Å². The number of hydrogen-bond donors (Lipinski definition) is 1. The van der Waals surface area contributed by atoms with Gasteiger partial charge in [-0.3, -0.25) is 4.90 Å². The van der Waals surface area contributed by atoms with Crippen molar-refractivity contribution in [3.8, 4) is 0 Å². The Morgan fingerprint density at radius 1 is 1.39 bits per heavy atom. The SMILES string of the molecule is CCCn1cncc1CN(CC)CC(C)(C)CN. The van der Waals surface area contributed by atoms with Gasteiger partial charge in [0.15, 0.2) is 0 Å². The van der Waals surface area contributed by atoms with Crippen molar-refractivity contribution in [3.05, 3.63) is 18.2 Å². The summed E-state index contributed by atoms with van der Waals surface area (Å²) in [6.45, 7) is 13.6. The van der Waals surface area contributed by atoms with Crippen LogP contribution in [0.4, 0.5) is 0 Å². The van der Waals surface area contributed by atoms with Crippen LogP contribution < -0.4 is 5.73 Å². The minimum absolute atomic E-state index is 0.172. The molecule has 0 fully saturated rings. The average Bonchev–Trinajstić information content (AvgIpc) is 2.76. The highest BCUT2D eigenvalue weighted by atomic mass is 15.2. The molecule has 0 unspecified atom stereocenters. The molecule has 0 atom stereocenters. The Bertz CT molecular complexity index is 343. The van der Waals surface area contributed by atoms with Gasteiger partial charge in [-0.15, -0.1) is 0 Å². The standard InChI is InChI=1S/C14H28N4/c1-5-7-18-12-16-8-13(18)9-17(6-2)11-14(3,4)10-15/h8,12H,5-7,9-11,15H2,1-4H3. The van der Waals surface area contributed by atoms with E-state index in [4.69, 9.17) is 5.73 Å². The van der Waals surface area contributed by atoms with Crippen LogP contribution in [0.5, 0.6) is 0 Å². The van der Waals surface area contributed by atoms with E-state index in [-0.39, 0.29) is 5.41 Å². The predicted molar refractivity (Wildman–Crippen MR) is 76.3 cm³/mol. The molecule has 0 saturated heterocycles. The van der Waals surface area contributed by atoms with E-state index in [1.165, 1.54) is 5.69 Å². The highest BCUT2D eigenvalue weighted by Gasteiger charge is 2.20. The molecule has 4 heteroatoms. The lowest BCUT2D eigenvalue weighted by Crippen LogP contribution is -2.38. The number of rotatable bonds is 8. The van der Waals surface area contributed by atoms with Crippen molar-refractivity contribution < 1.29 is 0 Å². The molecule has 0 aliphatic rings. The summed E-state index contributed by atoms with van der Waals surface area (Å²) in [4.78, 5) is 6.70. The first-order valence-electron chi connectivity index (χ1n) is 6.93. The fourth-order valence-electron chi connectivity index (χ4n) is 2.10. The van der Waals surface area contributed by atoms with Crippen LogP contribution in [0.2, 0.25) is 0 Å². The molecule has 1 rings (SSSR count). The van der Waals surface area contributed by atoms with Crippen LogP contribution in [-0.4, -0.2) is 34.1 Å². The van der Waals surface area contributed by atoms with Crippen molar-refractivity contribution in [2.24, 2.45) is 11.1 Å². The van der Waals surface area contributed by atoms with E-state index < -0.39 is 0 Å². The first-order valence-corrected chi connectivity index (χ1v) is 6.93. The third-order valence-corrected chi connectivity index (χ3v) is 3.30. The van der Waals surface area contributed by atoms with Crippen molar-refractivity contribution in [1.29, 1.82) is 0 Å². The minimum Gasteiger partial charge on any atom is -0.333 e. The van der Waals surface area contributed by atoms with E-state index in [1.807, 2.05) is 12.5 Å². The second-order valence-corrected chi connectivity index (χ2v) is 5.75. The second kappa shape index (κ2) is 6.90. The number of aromatic nitrogens is 2. The van der Waals surface area contributed by atoms with Gasteiger partial charge in [-0.1, -0.05) is 27.7 Å². The second-order valence-electron chi connectivity index (χ2n) is 5.75. The molecule has 0 bridgehead atoms. The lowest BCUT2D eigenvalue weighted by molar-refractivity contribution is 0.180. The van der Waals surface area contributed by atoms with E-state index in [1.54, 1.807) is 0 Å². The predicted octanol–water partition coefficient (Wildman–Crippen LogP) is 2.10. The van der Waals surface area contributed by atoms with Crippen molar-refractivity contribution >= 4 is 0 Å². The summed E-state index contributed by atoms with van der Waals surface area (Å²) in [5.74, 6) is 0. The Hall–Kier alpha value is -0.870. The summed E-state index contributed by atoms with van der Waals surface area (Å²) in [5, 5.41) is 0. The highest BCUT2D eigenvalue weighted by molar-refractivity contribution is 4.98. The highest BCUT2D eigenvalue weighted by Crippen LogP contribution is 2.16. The van der Waals surface area contributed by atoms with Gasteiger partial charge in [0.05, 0.1) is 12.0 Å². The summed E-state index contributed by atoms with van der Waals surface area (Å²) in [6, 6.07) is 0. The molecule has 0 saturated carbocycles. The van der Waals surface area contributed by atoms with Crippen molar-refractivity contribution in [3.63, 3.8) is 0 Å². The lowest BCUT2D eigenvalue weighted by Gasteiger charge is -2.31. The van der Waals surface area contributed by atoms with E-state index in [2.05, 4.69) is 42.1 Å². The van der Waals surface area contributed by atoms with Gasteiger partial charge in [-0.2, -0.15) is 0 Å². The zero-order chi connectivity index (χ0) is 13.6. The zero-order valence-corrected chi connectivity index (χ0v) is 12.3. The molecule has 1 heterocycles. The molecule has 0 aliphatic heterocycles. The van der Waals surface area contributed by atoms with Gasteiger partial charge < -0.3 is 10.3 Å². The van der Waals surface area contributed by atoms with Crippen LogP contribution in [0.1, 0.15) is 39.8 Å². The largest absolute Gasteiger partial charge is 0.333 e. The number of nitrogens with two attached hydrogens (primary N) is 1. The summed E-state index contributed by atoms with van der Waals surface area (Å²) in [6.07, 6.45) is 5.05. The first-order chi connectivity index (χ1) is 8.52. The number of hydrogen-bond acceptors (Lipinski definition) is 3. The van der Waals surface area contributed by atoms with Gasteiger partial charge in [0.1, 0.15) is 0 Å². The third-order valence-electron chi connectivity index (χ3n) is 3.30. The first kappa shape index (κ1) is 15.2. The van der Waals surface area contributed by atoms with Crippen LogP contribution >= 0.6 is 0 Å². The Kier molecular flexibility index (Phi) is 5.82. The van der Waals surface area contributed by atoms with Gasteiger partial charge in [0.25, 0.3) is 0 Å². The maximum absolute atomic E-state index is 5.82.